The van der Waals surface area contributed by atoms with Crippen LogP contribution in [0.15, 0.2) is 12.4 Å². The summed E-state index contributed by atoms with van der Waals surface area (Å²) in [6.07, 6.45) is 10.5. The number of carbonyl (C=O) groups is 2. The molecule has 2 aromatic rings. The second kappa shape index (κ2) is 6.92. The monoisotopic (exact) mass is 401 g/mol. The summed E-state index contributed by atoms with van der Waals surface area (Å²) in [5.41, 5.74) is 7.74. The van der Waals surface area contributed by atoms with Crippen molar-refractivity contribution in [3.8, 4) is 0 Å². The first-order valence-corrected chi connectivity index (χ1v) is 10.9. The van der Waals surface area contributed by atoms with E-state index in [0.717, 1.165) is 49.2 Å². The maximum absolute atomic E-state index is 13.1. The number of rotatable bonds is 6. The molecule has 2 fully saturated rings. The normalized spacial score (nSPS) is 21.2. The molecular formula is C20H27N5O2S. The molecule has 0 bridgehead atoms. The van der Waals surface area contributed by atoms with E-state index in [9.17, 15) is 9.59 Å². The van der Waals surface area contributed by atoms with Crippen LogP contribution in [0.1, 0.15) is 60.4 Å². The van der Waals surface area contributed by atoms with Gasteiger partial charge in [-0.05, 0) is 56.4 Å². The Balaban J connectivity index is 0.00000205. The second-order valence-electron chi connectivity index (χ2n) is 8.21. The van der Waals surface area contributed by atoms with Crippen molar-refractivity contribution < 1.29 is 11.0 Å². The Morgan fingerprint density at radius 2 is 2.11 bits per heavy atom. The molecule has 0 spiro atoms. The lowest BCUT2D eigenvalue weighted by molar-refractivity contribution is -0.117. The van der Waals surface area contributed by atoms with Gasteiger partial charge in [0.2, 0.25) is 5.91 Å². The highest BCUT2D eigenvalue weighted by Crippen LogP contribution is 2.42. The van der Waals surface area contributed by atoms with E-state index in [-0.39, 0.29) is 25.2 Å². The largest absolute Gasteiger partial charge is 0.369 e. The van der Waals surface area contributed by atoms with Crippen LogP contribution in [0.3, 0.4) is 0 Å². The first-order chi connectivity index (χ1) is 13.6. The highest BCUT2D eigenvalue weighted by Gasteiger charge is 2.34. The summed E-state index contributed by atoms with van der Waals surface area (Å²) in [5.74, 6) is 1.21. The van der Waals surface area contributed by atoms with Gasteiger partial charge in [-0.25, -0.2) is 4.98 Å². The Bertz CT molecular complexity index is 931. The third kappa shape index (κ3) is 3.41. The number of thiophene rings is 1. The number of aryl methyl sites for hydroxylation is 1. The number of hydrogen-bond donors (Lipinski definition) is 3. The van der Waals surface area contributed by atoms with Crippen molar-refractivity contribution in [2.75, 3.05) is 17.6 Å². The van der Waals surface area contributed by atoms with Crippen LogP contribution in [0, 0.1) is 11.8 Å². The number of carbonyl (C=O) groups excluding carboxylic acids is 2. The van der Waals surface area contributed by atoms with E-state index in [4.69, 9.17) is 5.73 Å². The Kier molecular flexibility index (Phi) is 4.38. The minimum atomic E-state index is -0.0604. The molecule has 28 heavy (non-hydrogen) atoms. The van der Waals surface area contributed by atoms with Gasteiger partial charge < -0.3 is 20.9 Å². The summed E-state index contributed by atoms with van der Waals surface area (Å²) in [6.45, 7) is 0.720. The van der Waals surface area contributed by atoms with E-state index >= 15 is 0 Å². The standard InChI is InChI=1S/C20H25N5O2S.H2/c21-20-22-7-8-25(20)13-5-6-15-14(9-13)16(18(27)23-10-11-1-2-11)19(28-15)24-17(26)12-3-4-12;/h7-8,11-13H,1-6,9-10H2,(H2,21,22)(H,23,27)(H,24,26);1H/t13-;/m0./s1. The summed E-state index contributed by atoms with van der Waals surface area (Å²) < 4.78 is 1.99. The van der Waals surface area contributed by atoms with E-state index in [0.29, 0.717) is 17.4 Å². The molecule has 3 aliphatic rings. The Morgan fingerprint density at radius 3 is 2.79 bits per heavy atom. The number of aromatic nitrogens is 2. The van der Waals surface area contributed by atoms with Gasteiger partial charge in [-0.2, -0.15) is 0 Å². The molecule has 7 nitrogen and oxygen atoms in total. The van der Waals surface area contributed by atoms with Crippen molar-refractivity contribution >= 4 is 34.1 Å². The average molecular weight is 402 g/mol. The SMILES string of the molecule is Nc1nccn1[C@H]1CCc2sc(NC(=O)C3CC3)c(C(=O)NCC3CC3)c2C1.[HH]. The van der Waals surface area contributed by atoms with Crippen molar-refractivity contribution in [1.82, 2.24) is 14.9 Å². The molecule has 0 unspecified atom stereocenters. The predicted molar refractivity (Wildman–Crippen MR) is 111 cm³/mol. The van der Waals surface area contributed by atoms with Gasteiger partial charge in [-0.1, -0.05) is 0 Å². The fourth-order valence-electron chi connectivity index (χ4n) is 3.97. The van der Waals surface area contributed by atoms with Crippen molar-refractivity contribution in [2.45, 2.75) is 51.0 Å². The van der Waals surface area contributed by atoms with E-state index in [1.165, 1.54) is 17.7 Å². The summed E-state index contributed by atoms with van der Waals surface area (Å²) in [4.78, 5) is 30.8. The van der Waals surface area contributed by atoms with Gasteiger partial charge in [-0.15, -0.1) is 11.3 Å². The van der Waals surface area contributed by atoms with Gasteiger partial charge >= 0.3 is 0 Å². The smallest absolute Gasteiger partial charge is 0.254 e. The molecule has 2 amide bonds. The summed E-state index contributed by atoms with van der Waals surface area (Å²) in [6, 6.07) is 0.187. The molecule has 150 valence electrons. The third-order valence-electron chi connectivity index (χ3n) is 5.99. The van der Waals surface area contributed by atoms with Crippen LogP contribution in [-0.2, 0) is 17.6 Å². The summed E-state index contributed by atoms with van der Waals surface area (Å²) >= 11 is 1.57. The molecule has 0 aromatic carbocycles. The van der Waals surface area contributed by atoms with E-state index in [1.54, 1.807) is 17.5 Å². The highest BCUT2D eigenvalue weighted by molar-refractivity contribution is 7.17. The Hall–Kier alpha value is -2.35. The number of imidazole rings is 1. The van der Waals surface area contributed by atoms with Crippen molar-refractivity contribution in [1.29, 1.82) is 0 Å². The molecule has 5 rings (SSSR count). The predicted octanol–water partition coefficient (Wildman–Crippen LogP) is 2.99. The van der Waals surface area contributed by atoms with Crippen LogP contribution in [0.5, 0.6) is 0 Å². The molecule has 2 saturated carbocycles. The number of amides is 2. The minimum Gasteiger partial charge on any atom is -0.369 e. The van der Waals surface area contributed by atoms with Gasteiger partial charge in [0.15, 0.2) is 5.95 Å². The summed E-state index contributed by atoms with van der Waals surface area (Å²) in [7, 11) is 0. The number of nitrogens with one attached hydrogen (secondary N) is 2. The molecule has 2 heterocycles. The molecule has 0 aliphatic heterocycles. The van der Waals surface area contributed by atoms with Gasteiger partial charge in [0, 0.05) is 37.2 Å². The van der Waals surface area contributed by atoms with Gasteiger partial charge in [0.1, 0.15) is 5.00 Å². The molecule has 3 aliphatic carbocycles. The number of nitrogens with two attached hydrogens (primary N) is 1. The lowest BCUT2D eigenvalue weighted by Crippen LogP contribution is -2.28. The van der Waals surface area contributed by atoms with E-state index in [2.05, 4.69) is 15.6 Å². The zero-order valence-corrected chi connectivity index (χ0v) is 16.6. The number of anilines is 2. The lowest BCUT2D eigenvalue weighted by atomic mass is 9.91. The van der Waals surface area contributed by atoms with Crippen LogP contribution >= 0.6 is 11.3 Å². The number of nitrogens with zero attached hydrogens (tertiary/aromatic N) is 2. The molecule has 8 heteroatoms. The van der Waals surface area contributed by atoms with Gasteiger partial charge in [0.05, 0.1) is 5.56 Å². The number of hydrogen-bond acceptors (Lipinski definition) is 5. The Morgan fingerprint density at radius 1 is 1.29 bits per heavy atom. The maximum Gasteiger partial charge on any atom is 0.254 e. The van der Waals surface area contributed by atoms with E-state index < -0.39 is 0 Å². The highest BCUT2D eigenvalue weighted by atomic mass is 32.1. The zero-order chi connectivity index (χ0) is 19.3. The quantitative estimate of drug-likeness (QED) is 0.692. The molecular weight excluding hydrogens is 374 g/mol. The molecule has 0 radical (unpaired) electrons. The maximum atomic E-state index is 13.1. The average Bonchev–Trinajstić information content (AvgIpc) is 3.60. The Labute approximate surface area is 169 Å². The molecule has 0 saturated heterocycles. The van der Waals surface area contributed by atoms with Crippen LogP contribution in [0.2, 0.25) is 0 Å². The van der Waals surface area contributed by atoms with Crippen molar-refractivity contribution in [3.05, 3.63) is 28.4 Å². The first-order valence-electron chi connectivity index (χ1n) is 10.1. The van der Waals surface area contributed by atoms with Gasteiger partial charge in [-0.3, -0.25) is 9.59 Å². The fraction of sp³-hybridized carbons (Fsp3) is 0.550. The minimum absolute atomic E-state index is 0. The van der Waals surface area contributed by atoms with Gasteiger partial charge in [0.25, 0.3) is 5.91 Å². The molecule has 1 atom stereocenters. The first kappa shape index (κ1) is 17.7. The lowest BCUT2D eigenvalue weighted by Gasteiger charge is -2.25. The van der Waals surface area contributed by atoms with Crippen LogP contribution in [0.25, 0.3) is 0 Å². The number of fused-ring (bicyclic) bond motifs is 1. The zero-order valence-electron chi connectivity index (χ0n) is 15.7. The van der Waals surface area contributed by atoms with Crippen molar-refractivity contribution in [3.63, 3.8) is 0 Å². The number of nitrogen functional groups attached to an aromatic ring is 1. The fourth-order valence-corrected chi connectivity index (χ4v) is 5.22. The van der Waals surface area contributed by atoms with Crippen LogP contribution < -0.4 is 16.4 Å². The van der Waals surface area contributed by atoms with Crippen LogP contribution in [0.4, 0.5) is 10.9 Å². The van der Waals surface area contributed by atoms with E-state index in [1.807, 2.05) is 10.8 Å². The summed E-state index contributed by atoms with van der Waals surface area (Å²) in [5, 5.41) is 6.86. The van der Waals surface area contributed by atoms with Crippen molar-refractivity contribution in [2.24, 2.45) is 11.8 Å². The molecule has 4 N–H and O–H groups in total. The second-order valence-corrected chi connectivity index (χ2v) is 9.32. The third-order valence-corrected chi connectivity index (χ3v) is 7.19. The molecule has 2 aromatic heterocycles. The van der Waals surface area contributed by atoms with Crippen LogP contribution in [-0.4, -0.2) is 27.9 Å². The topological polar surface area (TPSA) is 102 Å².